The highest BCUT2D eigenvalue weighted by Crippen LogP contribution is 2.13. The lowest BCUT2D eigenvalue weighted by molar-refractivity contribution is -0.138. The number of halogens is 1. The lowest BCUT2D eigenvalue weighted by atomic mass is 10.1. The zero-order valence-electron chi connectivity index (χ0n) is 9.86. The Balaban J connectivity index is 1.98. The summed E-state index contributed by atoms with van der Waals surface area (Å²) in [4.78, 5) is 14.0. The molecule has 0 N–H and O–H groups in total. The van der Waals surface area contributed by atoms with Crippen molar-refractivity contribution in [2.45, 2.75) is 19.4 Å². The van der Waals surface area contributed by atoms with E-state index in [0.717, 1.165) is 5.56 Å². The van der Waals surface area contributed by atoms with E-state index in [1.807, 2.05) is 36.1 Å². The van der Waals surface area contributed by atoms with Gasteiger partial charge in [-0.25, -0.2) is 0 Å². The molecule has 1 unspecified atom stereocenters. The summed E-state index contributed by atoms with van der Waals surface area (Å²) in [5.74, 6) is 0.156. The van der Waals surface area contributed by atoms with Gasteiger partial charge < -0.3 is 9.64 Å². The summed E-state index contributed by atoms with van der Waals surface area (Å²) >= 11 is 5.81. The van der Waals surface area contributed by atoms with Crippen molar-refractivity contribution in [1.29, 1.82) is 0 Å². The molecule has 17 heavy (non-hydrogen) atoms. The third-order valence-corrected chi connectivity index (χ3v) is 3.21. The molecule has 0 saturated carbocycles. The number of rotatable bonds is 2. The van der Waals surface area contributed by atoms with E-state index in [1.165, 1.54) is 0 Å². The van der Waals surface area contributed by atoms with Gasteiger partial charge in [0.15, 0.2) is 0 Å². The maximum absolute atomic E-state index is 12.1. The fourth-order valence-corrected chi connectivity index (χ4v) is 2.10. The topological polar surface area (TPSA) is 29.5 Å². The number of nitrogens with zero attached hydrogens (tertiary/aromatic N) is 1. The second-order valence-corrected chi connectivity index (χ2v) is 4.75. The van der Waals surface area contributed by atoms with Gasteiger partial charge in [0, 0.05) is 11.6 Å². The first-order chi connectivity index (χ1) is 8.16. The number of morpholine rings is 1. The summed E-state index contributed by atoms with van der Waals surface area (Å²) in [6.45, 7) is 3.97. The molecule has 1 aliphatic rings. The predicted octanol–water partition coefficient (Wildman–Crippen LogP) is 2.13. The van der Waals surface area contributed by atoms with Crippen molar-refractivity contribution < 1.29 is 9.53 Å². The van der Waals surface area contributed by atoms with E-state index in [4.69, 9.17) is 16.3 Å². The van der Waals surface area contributed by atoms with Crippen molar-refractivity contribution >= 4 is 17.5 Å². The van der Waals surface area contributed by atoms with Crippen LogP contribution in [-0.4, -0.2) is 36.6 Å². The van der Waals surface area contributed by atoms with Crippen molar-refractivity contribution in [2.24, 2.45) is 0 Å². The molecule has 1 aliphatic heterocycles. The normalized spacial score (nSPS) is 20.4. The second-order valence-electron chi connectivity index (χ2n) is 4.31. The Hall–Kier alpha value is -1.06. The van der Waals surface area contributed by atoms with Crippen LogP contribution in [0.2, 0.25) is 5.02 Å². The van der Waals surface area contributed by atoms with E-state index in [1.54, 1.807) is 0 Å². The number of carbonyl (C=O) groups excluding carboxylic acids is 1. The Bertz CT molecular complexity index is 391. The molecule has 1 fully saturated rings. The van der Waals surface area contributed by atoms with Crippen LogP contribution in [-0.2, 0) is 16.0 Å². The summed E-state index contributed by atoms with van der Waals surface area (Å²) in [5.41, 5.74) is 0.998. The molecule has 0 radical (unpaired) electrons. The highest BCUT2D eigenvalue weighted by atomic mass is 35.5. The summed E-state index contributed by atoms with van der Waals surface area (Å²) in [6, 6.07) is 7.58. The maximum Gasteiger partial charge on any atom is 0.227 e. The average Bonchev–Trinajstić information content (AvgIpc) is 2.32. The number of amides is 1. The standard InChI is InChI=1S/C13H16ClNO2/c1-10-9-17-7-6-15(10)13(16)8-11-2-4-12(14)5-3-11/h2-5,10H,6-9H2,1H3. The van der Waals surface area contributed by atoms with Gasteiger partial charge in [0.1, 0.15) is 0 Å². The van der Waals surface area contributed by atoms with Crippen molar-refractivity contribution in [3.05, 3.63) is 34.9 Å². The molecule has 1 atom stereocenters. The highest BCUT2D eigenvalue weighted by molar-refractivity contribution is 6.30. The molecule has 1 aromatic carbocycles. The van der Waals surface area contributed by atoms with Gasteiger partial charge in [-0.2, -0.15) is 0 Å². The van der Waals surface area contributed by atoms with Crippen molar-refractivity contribution in [3.63, 3.8) is 0 Å². The van der Waals surface area contributed by atoms with Gasteiger partial charge in [-0.1, -0.05) is 23.7 Å². The second kappa shape index (κ2) is 5.52. The fourth-order valence-electron chi connectivity index (χ4n) is 1.98. The number of benzene rings is 1. The number of ether oxygens (including phenoxy) is 1. The van der Waals surface area contributed by atoms with Crippen LogP contribution in [0.15, 0.2) is 24.3 Å². The molecule has 0 aliphatic carbocycles. The Morgan fingerprint density at radius 1 is 1.47 bits per heavy atom. The maximum atomic E-state index is 12.1. The minimum atomic E-state index is 0.156. The summed E-state index contributed by atoms with van der Waals surface area (Å²) in [5, 5.41) is 0.695. The van der Waals surface area contributed by atoms with E-state index in [9.17, 15) is 4.79 Å². The molecular weight excluding hydrogens is 238 g/mol. The Kier molecular flexibility index (Phi) is 4.02. The molecule has 2 rings (SSSR count). The third kappa shape index (κ3) is 3.20. The SMILES string of the molecule is CC1COCCN1C(=O)Cc1ccc(Cl)cc1. The first-order valence-electron chi connectivity index (χ1n) is 5.78. The summed E-state index contributed by atoms with van der Waals surface area (Å²) in [6.07, 6.45) is 0.432. The van der Waals surface area contributed by atoms with Crippen LogP contribution in [0, 0.1) is 0 Å². The molecule has 0 aromatic heterocycles. The van der Waals surface area contributed by atoms with Crippen LogP contribution in [0.5, 0.6) is 0 Å². The average molecular weight is 254 g/mol. The molecule has 1 aromatic rings. The fraction of sp³-hybridized carbons (Fsp3) is 0.462. The van der Waals surface area contributed by atoms with Gasteiger partial charge in [-0.15, -0.1) is 0 Å². The van der Waals surface area contributed by atoms with Gasteiger partial charge in [-0.3, -0.25) is 4.79 Å². The molecule has 92 valence electrons. The van der Waals surface area contributed by atoms with E-state index in [-0.39, 0.29) is 11.9 Å². The minimum absolute atomic E-state index is 0.156. The number of carbonyl (C=O) groups is 1. The summed E-state index contributed by atoms with van der Waals surface area (Å²) < 4.78 is 5.32. The largest absolute Gasteiger partial charge is 0.377 e. The zero-order valence-corrected chi connectivity index (χ0v) is 10.6. The molecule has 4 heteroatoms. The Morgan fingerprint density at radius 2 is 2.18 bits per heavy atom. The Morgan fingerprint density at radius 3 is 2.82 bits per heavy atom. The van der Waals surface area contributed by atoms with Crippen molar-refractivity contribution in [2.75, 3.05) is 19.8 Å². The van der Waals surface area contributed by atoms with Gasteiger partial charge in [-0.05, 0) is 24.6 Å². The van der Waals surface area contributed by atoms with Gasteiger partial charge >= 0.3 is 0 Å². The van der Waals surface area contributed by atoms with Gasteiger partial charge in [0.05, 0.1) is 25.7 Å². The quantitative estimate of drug-likeness (QED) is 0.808. The van der Waals surface area contributed by atoms with Crippen molar-refractivity contribution in [3.8, 4) is 0 Å². The van der Waals surface area contributed by atoms with E-state index < -0.39 is 0 Å². The Labute approximate surface area is 106 Å². The van der Waals surface area contributed by atoms with Crippen LogP contribution in [0.1, 0.15) is 12.5 Å². The molecule has 1 amide bonds. The zero-order chi connectivity index (χ0) is 12.3. The molecule has 3 nitrogen and oxygen atoms in total. The first kappa shape index (κ1) is 12.4. The molecule has 0 bridgehead atoms. The van der Waals surface area contributed by atoms with Gasteiger partial charge in [0.2, 0.25) is 5.91 Å². The minimum Gasteiger partial charge on any atom is -0.377 e. The van der Waals surface area contributed by atoms with Crippen LogP contribution >= 0.6 is 11.6 Å². The summed E-state index contributed by atoms with van der Waals surface area (Å²) in [7, 11) is 0. The lowest BCUT2D eigenvalue weighted by Crippen LogP contribution is -2.47. The first-order valence-corrected chi connectivity index (χ1v) is 6.16. The smallest absolute Gasteiger partial charge is 0.227 e. The monoisotopic (exact) mass is 253 g/mol. The van der Waals surface area contributed by atoms with Crippen molar-refractivity contribution in [1.82, 2.24) is 4.90 Å². The van der Waals surface area contributed by atoms with E-state index in [2.05, 4.69) is 0 Å². The predicted molar refractivity (Wildman–Crippen MR) is 67.2 cm³/mol. The lowest BCUT2D eigenvalue weighted by Gasteiger charge is -2.33. The van der Waals surface area contributed by atoms with Crippen LogP contribution in [0.3, 0.4) is 0 Å². The molecular formula is C13H16ClNO2. The van der Waals surface area contributed by atoms with E-state index in [0.29, 0.717) is 31.2 Å². The van der Waals surface area contributed by atoms with Crippen LogP contribution < -0.4 is 0 Å². The molecule has 1 heterocycles. The van der Waals surface area contributed by atoms with Gasteiger partial charge in [0.25, 0.3) is 0 Å². The highest BCUT2D eigenvalue weighted by Gasteiger charge is 2.23. The third-order valence-electron chi connectivity index (χ3n) is 2.96. The van der Waals surface area contributed by atoms with E-state index >= 15 is 0 Å². The number of hydrogen-bond acceptors (Lipinski definition) is 2. The number of hydrogen-bond donors (Lipinski definition) is 0. The molecule has 0 spiro atoms. The van der Waals surface area contributed by atoms with Crippen LogP contribution in [0.25, 0.3) is 0 Å². The van der Waals surface area contributed by atoms with Crippen LogP contribution in [0.4, 0.5) is 0 Å². The molecule has 1 saturated heterocycles.